The molecule has 0 aromatic heterocycles. The minimum atomic E-state index is -1.08. The van der Waals surface area contributed by atoms with Gasteiger partial charge in [0.25, 0.3) is 5.69 Å². The van der Waals surface area contributed by atoms with Crippen LogP contribution in [0.25, 0.3) is 0 Å². The number of rotatable bonds is 5. The van der Waals surface area contributed by atoms with Gasteiger partial charge in [0.2, 0.25) is 5.91 Å². The van der Waals surface area contributed by atoms with Gasteiger partial charge in [-0.2, -0.15) is 0 Å². The number of nitrogens with one attached hydrogen (secondary N) is 1. The summed E-state index contributed by atoms with van der Waals surface area (Å²) in [4.78, 5) is 58.7. The zero-order valence-corrected chi connectivity index (χ0v) is 12.9. The third kappa shape index (κ3) is 3.07. The van der Waals surface area contributed by atoms with Gasteiger partial charge in [-0.1, -0.05) is 6.07 Å². The summed E-state index contributed by atoms with van der Waals surface area (Å²) in [6, 6.07) is 3.06. The van der Waals surface area contributed by atoms with E-state index < -0.39 is 35.2 Å². The molecule has 24 heavy (non-hydrogen) atoms. The van der Waals surface area contributed by atoms with E-state index in [0.717, 1.165) is 4.90 Å². The fraction of sp³-hybridized carbons (Fsp3) is 0.286. The van der Waals surface area contributed by atoms with Gasteiger partial charge in [-0.15, -0.1) is 0 Å². The summed E-state index contributed by atoms with van der Waals surface area (Å²) in [5.74, 6) is -2.80. The van der Waals surface area contributed by atoms with Gasteiger partial charge in [0.1, 0.15) is 6.54 Å². The molecule has 0 bridgehead atoms. The van der Waals surface area contributed by atoms with E-state index in [1.54, 1.807) is 6.92 Å². The quantitative estimate of drug-likeness (QED) is 0.364. The Kier molecular flexibility index (Phi) is 4.58. The molecule has 1 fully saturated rings. The zero-order valence-electron chi connectivity index (χ0n) is 12.9. The molecule has 0 unspecified atom stereocenters. The van der Waals surface area contributed by atoms with Gasteiger partial charge in [0.15, 0.2) is 0 Å². The molecular weight excluding hydrogens is 320 g/mol. The molecule has 1 saturated heterocycles. The maximum absolute atomic E-state index is 12.0. The van der Waals surface area contributed by atoms with Crippen LogP contribution >= 0.6 is 0 Å². The summed E-state index contributed by atoms with van der Waals surface area (Å²) in [5, 5.41) is 13.2. The summed E-state index contributed by atoms with van der Waals surface area (Å²) in [5.41, 5.74) is 0.544. The molecule has 2 rings (SSSR count). The van der Waals surface area contributed by atoms with Crippen LogP contribution in [0.2, 0.25) is 0 Å². The van der Waals surface area contributed by atoms with Crippen LogP contribution in [0.15, 0.2) is 18.2 Å². The molecule has 0 atom stereocenters. The molecule has 1 aliphatic heterocycles. The Bertz CT molecular complexity index is 760. The number of anilines is 1. The fourth-order valence-electron chi connectivity index (χ4n) is 2.16. The third-order valence-corrected chi connectivity index (χ3v) is 3.46. The van der Waals surface area contributed by atoms with Gasteiger partial charge in [-0.05, 0) is 19.4 Å². The summed E-state index contributed by atoms with van der Waals surface area (Å²) in [7, 11) is 0. The molecule has 0 spiro atoms. The maximum Gasteiger partial charge on any atom is 0.334 e. The standard InChI is InChI=1S/C14H14N4O6/c1-3-16-12(20)13(21)17(14(16)22)7-11(19)15-10-6-9(18(23)24)5-4-8(10)2/h4-6H,3,7H2,1-2H3,(H,15,19). The van der Waals surface area contributed by atoms with E-state index in [1.165, 1.54) is 25.1 Å². The molecule has 10 nitrogen and oxygen atoms in total. The Morgan fingerprint density at radius 1 is 1.21 bits per heavy atom. The number of hydrogen-bond acceptors (Lipinski definition) is 6. The van der Waals surface area contributed by atoms with Crippen LogP contribution in [0.5, 0.6) is 0 Å². The fourth-order valence-corrected chi connectivity index (χ4v) is 2.16. The van der Waals surface area contributed by atoms with Gasteiger partial charge in [0, 0.05) is 18.7 Å². The minimum Gasteiger partial charge on any atom is -0.324 e. The van der Waals surface area contributed by atoms with E-state index in [2.05, 4.69) is 5.32 Å². The van der Waals surface area contributed by atoms with Crippen molar-refractivity contribution in [1.29, 1.82) is 0 Å². The highest BCUT2D eigenvalue weighted by atomic mass is 16.6. The Labute approximate surface area is 136 Å². The van der Waals surface area contributed by atoms with Gasteiger partial charge in [-0.25, -0.2) is 9.69 Å². The van der Waals surface area contributed by atoms with Crippen molar-refractivity contribution in [2.45, 2.75) is 13.8 Å². The van der Waals surface area contributed by atoms with Crippen LogP contribution in [0, 0.1) is 17.0 Å². The normalized spacial score (nSPS) is 14.3. The van der Waals surface area contributed by atoms with E-state index >= 15 is 0 Å². The van der Waals surface area contributed by atoms with E-state index in [9.17, 15) is 29.3 Å². The predicted octanol–water partition coefficient (Wildman–Crippen LogP) is 0.652. The van der Waals surface area contributed by atoms with Crippen molar-refractivity contribution in [2.24, 2.45) is 0 Å². The van der Waals surface area contributed by atoms with Crippen molar-refractivity contribution in [3.8, 4) is 0 Å². The predicted molar refractivity (Wildman–Crippen MR) is 81.0 cm³/mol. The molecule has 1 aliphatic rings. The van der Waals surface area contributed by atoms with Crippen molar-refractivity contribution in [3.05, 3.63) is 33.9 Å². The van der Waals surface area contributed by atoms with Crippen LogP contribution in [0.1, 0.15) is 12.5 Å². The van der Waals surface area contributed by atoms with Crippen LogP contribution in [0.3, 0.4) is 0 Å². The van der Waals surface area contributed by atoms with E-state index in [4.69, 9.17) is 0 Å². The molecule has 1 aromatic rings. The van der Waals surface area contributed by atoms with E-state index in [-0.39, 0.29) is 17.9 Å². The summed E-state index contributed by atoms with van der Waals surface area (Å²) in [6.45, 7) is 2.53. The van der Waals surface area contributed by atoms with Gasteiger partial charge in [0.05, 0.1) is 10.6 Å². The van der Waals surface area contributed by atoms with Crippen molar-refractivity contribution in [2.75, 3.05) is 18.4 Å². The molecule has 1 aromatic carbocycles. The Morgan fingerprint density at radius 2 is 1.83 bits per heavy atom. The maximum atomic E-state index is 12.0. The number of aryl methyl sites for hydroxylation is 1. The number of carbonyl (C=O) groups is 4. The number of amides is 5. The van der Waals surface area contributed by atoms with E-state index in [0.29, 0.717) is 10.5 Å². The molecular formula is C14H14N4O6. The SMILES string of the molecule is CCN1C(=O)C(=O)N(CC(=O)Nc2cc([N+](=O)[O-])ccc2C)C1=O. The monoisotopic (exact) mass is 334 g/mol. The van der Waals surface area contributed by atoms with Crippen molar-refractivity contribution in [1.82, 2.24) is 9.80 Å². The molecule has 5 amide bonds. The lowest BCUT2D eigenvalue weighted by atomic mass is 10.2. The summed E-state index contributed by atoms with van der Waals surface area (Å²) < 4.78 is 0. The number of urea groups is 1. The highest BCUT2D eigenvalue weighted by Crippen LogP contribution is 2.22. The number of imide groups is 2. The third-order valence-electron chi connectivity index (χ3n) is 3.46. The first-order valence-corrected chi connectivity index (χ1v) is 6.98. The van der Waals surface area contributed by atoms with Gasteiger partial charge >= 0.3 is 17.8 Å². The highest BCUT2D eigenvalue weighted by molar-refractivity contribution is 6.45. The Hall–Kier alpha value is -3.30. The summed E-state index contributed by atoms with van der Waals surface area (Å²) >= 11 is 0. The number of nitro groups is 1. The van der Waals surface area contributed by atoms with Gasteiger partial charge < -0.3 is 5.32 Å². The summed E-state index contributed by atoms with van der Waals surface area (Å²) in [6.07, 6.45) is 0. The first kappa shape index (κ1) is 17.1. The molecule has 0 radical (unpaired) electrons. The minimum absolute atomic E-state index is 0.0194. The average Bonchev–Trinajstić information content (AvgIpc) is 2.72. The first-order valence-electron chi connectivity index (χ1n) is 6.98. The lowest BCUT2D eigenvalue weighted by Crippen LogP contribution is -2.39. The number of non-ortho nitro benzene ring substituents is 1. The van der Waals surface area contributed by atoms with Gasteiger partial charge in [-0.3, -0.25) is 29.4 Å². The number of nitrogens with zero attached hydrogens (tertiary/aromatic N) is 3. The molecule has 0 saturated carbocycles. The zero-order chi connectivity index (χ0) is 18.0. The largest absolute Gasteiger partial charge is 0.334 e. The number of nitro benzene ring substituents is 1. The lowest BCUT2D eigenvalue weighted by molar-refractivity contribution is -0.384. The number of carbonyl (C=O) groups excluding carboxylic acids is 4. The molecule has 126 valence electrons. The lowest BCUT2D eigenvalue weighted by Gasteiger charge is -2.14. The molecule has 0 aliphatic carbocycles. The van der Waals surface area contributed by atoms with Crippen LogP contribution < -0.4 is 5.32 Å². The van der Waals surface area contributed by atoms with Crippen LogP contribution in [0.4, 0.5) is 16.2 Å². The van der Waals surface area contributed by atoms with Crippen LogP contribution in [-0.2, 0) is 14.4 Å². The number of likely N-dealkylation sites (N-methyl/N-ethyl adjacent to an activating group) is 1. The Balaban J connectivity index is 2.13. The number of benzene rings is 1. The van der Waals surface area contributed by atoms with Crippen molar-refractivity contribution in [3.63, 3.8) is 0 Å². The topological polar surface area (TPSA) is 130 Å². The van der Waals surface area contributed by atoms with Crippen LogP contribution in [-0.4, -0.2) is 51.6 Å². The Morgan fingerprint density at radius 3 is 2.38 bits per heavy atom. The van der Waals surface area contributed by atoms with E-state index in [1.807, 2.05) is 0 Å². The van der Waals surface area contributed by atoms with Crippen molar-refractivity contribution >= 4 is 35.1 Å². The molecule has 1 heterocycles. The molecule has 10 heteroatoms. The van der Waals surface area contributed by atoms with Crippen molar-refractivity contribution < 1.29 is 24.1 Å². The highest BCUT2D eigenvalue weighted by Gasteiger charge is 2.44. The first-order chi connectivity index (χ1) is 11.3. The smallest absolute Gasteiger partial charge is 0.324 e. The molecule has 1 N–H and O–H groups in total. The number of hydrogen-bond donors (Lipinski definition) is 1. The second-order valence-corrected chi connectivity index (χ2v) is 5.03. The second-order valence-electron chi connectivity index (χ2n) is 5.03. The average molecular weight is 334 g/mol. The second kappa shape index (κ2) is 6.44.